The fraction of sp³-hybridized carbons (Fsp3) is 0.429. The summed E-state index contributed by atoms with van der Waals surface area (Å²) in [6, 6.07) is 1.96. The topological polar surface area (TPSA) is 55.4 Å². The number of ether oxygens (including phenoxy) is 1. The summed E-state index contributed by atoms with van der Waals surface area (Å²) in [5.74, 6) is -2.23. The second-order valence-electron chi connectivity index (χ2n) is 6.72. The Kier molecular flexibility index (Phi) is 8.17. The van der Waals surface area contributed by atoms with Crippen LogP contribution in [0.3, 0.4) is 0 Å². The van der Waals surface area contributed by atoms with E-state index in [1.54, 1.807) is 0 Å². The number of allylic oxidation sites excluding steroid dienone is 1. The maximum atomic E-state index is 13.4. The highest BCUT2D eigenvalue weighted by Gasteiger charge is 2.22. The van der Waals surface area contributed by atoms with Gasteiger partial charge in [0.05, 0.1) is 0 Å². The van der Waals surface area contributed by atoms with Gasteiger partial charge in [0.2, 0.25) is 5.91 Å². The van der Waals surface area contributed by atoms with Crippen LogP contribution in [0.4, 0.5) is 8.78 Å². The molecule has 0 unspecified atom stereocenters. The van der Waals surface area contributed by atoms with Gasteiger partial charge in [0, 0.05) is 12.5 Å². The van der Waals surface area contributed by atoms with Crippen LogP contribution in [-0.2, 0) is 20.7 Å². The predicted octanol–water partition coefficient (Wildman–Crippen LogP) is 3.86. The molecule has 1 aromatic rings. The van der Waals surface area contributed by atoms with Gasteiger partial charge in [-0.3, -0.25) is 4.79 Å². The van der Waals surface area contributed by atoms with Gasteiger partial charge in [-0.05, 0) is 42.5 Å². The summed E-state index contributed by atoms with van der Waals surface area (Å²) in [6.07, 6.45) is 10.2. The number of hydrogen-bond acceptors (Lipinski definition) is 3. The van der Waals surface area contributed by atoms with Crippen LogP contribution in [0, 0.1) is 17.6 Å². The van der Waals surface area contributed by atoms with E-state index in [4.69, 9.17) is 4.74 Å². The van der Waals surface area contributed by atoms with Gasteiger partial charge < -0.3 is 10.1 Å². The molecule has 1 atom stereocenters. The highest BCUT2D eigenvalue weighted by Crippen LogP contribution is 2.24. The van der Waals surface area contributed by atoms with Gasteiger partial charge in [-0.1, -0.05) is 38.0 Å². The van der Waals surface area contributed by atoms with Crippen LogP contribution < -0.4 is 5.32 Å². The maximum absolute atomic E-state index is 13.4. The largest absolute Gasteiger partial charge is 0.460 e. The summed E-state index contributed by atoms with van der Waals surface area (Å²) in [6.45, 7) is 3.45. The fourth-order valence-corrected chi connectivity index (χ4v) is 3.17. The molecule has 0 aliphatic heterocycles. The summed E-state index contributed by atoms with van der Waals surface area (Å²) in [4.78, 5) is 24.4. The van der Waals surface area contributed by atoms with E-state index in [1.165, 1.54) is 18.6 Å². The average molecular weight is 377 g/mol. The van der Waals surface area contributed by atoms with Gasteiger partial charge in [0.1, 0.15) is 24.3 Å². The second-order valence-corrected chi connectivity index (χ2v) is 6.72. The quantitative estimate of drug-likeness (QED) is 0.425. The number of nitrogens with one attached hydrogen (secondary N) is 1. The summed E-state index contributed by atoms with van der Waals surface area (Å²) in [5, 5.41) is 2.57. The molecule has 0 saturated heterocycles. The lowest BCUT2D eigenvalue weighted by molar-refractivity contribution is -0.146. The van der Waals surface area contributed by atoms with E-state index in [0.29, 0.717) is 5.92 Å². The first-order chi connectivity index (χ1) is 13.0. The van der Waals surface area contributed by atoms with Crippen molar-refractivity contribution in [2.24, 2.45) is 5.92 Å². The molecule has 146 valence electrons. The van der Waals surface area contributed by atoms with E-state index in [0.717, 1.165) is 43.9 Å². The molecule has 1 fully saturated rings. The monoisotopic (exact) mass is 377 g/mol. The van der Waals surface area contributed by atoms with Gasteiger partial charge in [0.25, 0.3) is 0 Å². The molecule has 1 aliphatic carbocycles. The Morgan fingerprint density at radius 2 is 1.85 bits per heavy atom. The minimum absolute atomic E-state index is 0.0133. The fourth-order valence-electron chi connectivity index (χ4n) is 3.17. The van der Waals surface area contributed by atoms with Crippen LogP contribution in [0.5, 0.6) is 0 Å². The molecule has 1 N–H and O–H groups in total. The Labute approximate surface area is 158 Å². The molecule has 0 spiro atoms. The van der Waals surface area contributed by atoms with Crippen molar-refractivity contribution in [3.8, 4) is 0 Å². The lowest BCUT2D eigenvalue weighted by Crippen LogP contribution is -2.42. The third kappa shape index (κ3) is 7.33. The Morgan fingerprint density at radius 1 is 1.19 bits per heavy atom. The van der Waals surface area contributed by atoms with Gasteiger partial charge >= 0.3 is 5.97 Å². The molecule has 1 aliphatic rings. The summed E-state index contributed by atoms with van der Waals surface area (Å²) >= 11 is 0. The third-order valence-electron chi connectivity index (χ3n) is 4.48. The molecule has 0 bridgehead atoms. The van der Waals surface area contributed by atoms with Crippen molar-refractivity contribution in [3.63, 3.8) is 0 Å². The average Bonchev–Trinajstić information content (AvgIpc) is 2.64. The number of halogens is 2. The Morgan fingerprint density at radius 3 is 2.48 bits per heavy atom. The van der Waals surface area contributed by atoms with Crippen LogP contribution >= 0.6 is 0 Å². The van der Waals surface area contributed by atoms with E-state index in [9.17, 15) is 18.4 Å². The van der Waals surface area contributed by atoms with Crippen molar-refractivity contribution in [1.82, 2.24) is 5.32 Å². The first kappa shape index (κ1) is 20.8. The van der Waals surface area contributed by atoms with Gasteiger partial charge in [-0.25, -0.2) is 13.6 Å². The normalized spacial score (nSPS) is 16.1. The highest BCUT2D eigenvalue weighted by atomic mass is 19.1. The van der Waals surface area contributed by atoms with Crippen LogP contribution in [0.25, 0.3) is 0 Å². The zero-order valence-corrected chi connectivity index (χ0v) is 15.3. The van der Waals surface area contributed by atoms with Gasteiger partial charge in [-0.2, -0.15) is 0 Å². The van der Waals surface area contributed by atoms with Crippen molar-refractivity contribution in [1.29, 1.82) is 0 Å². The number of amides is 1. The van der Waals surface area contributed by atoms with Crippen molar-refractivity contribution < 1.29 is 23.1 Å². The first-order valence-electron chi connectivity index (χ1n) is 9.19. The number of carbonyl (C=O) groups excluding carboxylic acids is 2. The molecule has 1 amide bonds. The molecule has 6 heteroatoms. The first-order valence-corrected chi connectivity index (χ1v) is 9.19. The number of esters is 1. The number of benzene rings is 1. The SMILES string of the molecule is C=CCOC(=O)[C@H](Cc1cc(F)cc(F)c1)NC(=O)/C=C/C1CCCCC1. The van der Waals surface area contributed by atoms with Crippen molar-refractivity contribution in [3.05, 3.63) is 60.2 Å². The number of carbonyl (C=O) groups is 2. The predicted molar refractivity (Wildman–Crippen MR) is 98.9 cm³/mol. The minimum Gasteiger partial charge on any atom is -0.460 e. The Balaban J connectivity index is 2.04. The van der Waals surface area contributed by atoms with Crippen molar-refractivity contribution in [2.45, 2.75) is 44.6 Å². The second kappa shape index (κ2) is 10.6. The number of hydrogen-bond donors (Lipinski definition) is 1. The molecular formula is C21H25F2NO3. The van der Waals surface area contributed by atoms with Crippen molar-refractivity contribution >= 4 is 11.9 Å². The van der Waals surface area contributed by atoms with E-state index in [2.05, 4.69) is 11.9 Å². The van der Waals surface area contributed by atoms with Gasteiger partial charge in [-0.15, -0.1) is 0 Å². The molecule has 2 rings (SSSR count). The minimum atomic E-state index is -1.05. The maximum Gasteiger partial charge on any atom is 0.329 e. The van der Waals surface area contributed by atoms with E-state index >= 15 is 0 Å². The lowest BCUT2D eigenvalue weighted by Gasteiger charge is -2.19. The smallest absolute Gasteiger partial charge is 0.329 e. The molecule has 0 radical (unpaired) electrons. The van der Waals surface area contributed by atoms with Crippen molar-refractivity contribution in [2.75, 3.05) is 6.61 Å². The van der Waals surface area contributed by atoms with Crippen LogP contribution in [0.2, 0.25) is 0 Å². The Hall–Kier alpha value is -2.50. The molecule has 0 aromatic heterocycles. The van der Waals surface area contributed by atoms with E-state index in [-0.39, 0.29) is 18.6 Å². The molecule has 1 saturated carbocycles. The standard InChI is InChI=1S/C21H25F2NO3/c1-2-10-27-21(26)19(13-16-11-17(22)14-18(23)12-16)24-20(25)9-8-15-6-4-3-5-7-15/h2,8-9,11-12,14-15,19H,1,3-7,10,13H2,(H,24,25)/b9-8+/t19-/m0/s1. The zero-order valence-electron chi connectivity index (χ0n) is 15.3. The molecule has 4 nitrogen and oxygen atoms in total. The number of rotatable bonds is 8. The molecular weight excluding hydrogens is 352 g/mol. The Bertz CT molecular complexity index is 676. The van der Waals surface area contributed by atoms with E-state index in [1.807, 2.05) is 6.08 Å². The summed E-state index contributed by atoms with van der Waals surface area (Å²) in [5.41, 5.74) is 0.254. The van der Waals surface area contributed by atoms with Crippen LogP contribution in [-0.4, -0.2) is 24.5 Å². The molecule has 0 heterocycles. The highest BCUT2D eigenvalue weighted by molar-refractivity contribution is 5.91. The zero-order chi connectivity index (χ0) is 19.6. The lowest BCUT2D eigenvalue weighted by atomic mass is 9.89. The van der Waals surface area contributed by atoms with E-state index < -0.39 is 29.6 Å². The van der Waals surface area contributed by atoms with Crippen LogP contribution in [0.15, 0.2) is 43.0 Å². The van der Waals surface area contributed by atoms with Crippen LogP contribution in [0.1, 0.15) is 37.7 Å². The van der Waals surface area contributed by atoms with Gasteiger partial charge in [0.15, 0.2) is 0 Å². The third-order valence-corrected chi connectivity index (χ3v) is 4.48. The molecule has 1 aromatic carbocycles. The summed E-state index contributed by atoms with van der Waals surface area (Å²) in [7, 11) is 0. The molecule has 27 heavy (non-hydrogen) atoms. The summed E-state index contributed by atoms with van der Waals surface area (Å²) < 4.78 is 31.8.